The van der Waals surface area contributed by atoms with Crippen LogP contribution in [0.4, 0.5) is 0 Å². The van der Waals surface area contributed by atoms with E-state index in [9.17, 15) is 5.41 Å². The summed E-state index contributed by atoms with van der Waals surface area (Å²) in [5, 5.41) is 19.6. The second-order valence-electron chi connectivity index (χ2n) is 16.2. The minimum absolute atomic E-state index is 0.201. The number of aromatic nitrogens is 1. The van der Waals surface area contributed by atoms with Crippen LogP contribution in [0.15, 0.2) is 169 Å². The van der Waals surface area contributed by atoms with Gasteiger partial charge < -0.3 is 14.2 Å². The van der Waals surface area contributed by atoms with Crippen LogP contribution in [-0.2, 0) is 6.61 Å². The monoisotopic (exact) mass is 790 g/mol. The molecule has 6 heteroatoms. The molecule has 286 valence electrons. The molecule has 0 amide bonds. The number of aliphatic imine (C=N–C) groups is 1. The van der Waals surface area contributed by atoms with Crippen molar-refractivity contribution in [1.29, 1.82) is 5.41 Å². The van der Waals surface area contributed by atoms with Crippen LogP contribution in [0.5, 0.6) is 5.75 Å². The van der Waals surface area contributed by atoms with E-state index < -0.39 is 5.54 Å². The average molecular weight is 791 g/mol. The van der Waals surface area contributed by atoms with Crippen LogP contribution in [0.2, 0.25) is 0 Å². The zero-order chi connectivity index (χ0) is 40.1. The number of nitrogens with zero attached hydrogens (tertiary/aromatic N) is 3. The van der Waals surface area contributed by atoms with E-state index >= 15 is 0 Å². The fraction of sp³-hybridized carbons (Fsp3) is 0.0741. The number of thiophene rings is 1. The maximum Gasteiger partial charge on any atom is 0.154 e. The predicted octanol–water partition coefficient (Wildman–Crippen LogP) is 11.6. The summed E-state index contributed by atoms with van der Waals surface area (Å²) in [6.07, 6.45) is 4.69. The summed E-state index contributed by atoms with van der Waals surface area (Å²) in [5.74, 6) is 1.74. The van der Waals surface area contributed by atoms with E-state index in [0.29, 0.717) is 6.61 Å². The van der Waals surface area contributed by atoms with Gasteiger partial charge in [0.05, 0.1) is 16.6 Å². The summed E-state index contributed by atoms with van der Waals surface area (Å²) < 4.78 is 11.4. The highest BCUT2D eigenvalue weighted by atomic mass is 32.1. The van der Waals surface area contributed by atoms with E-state index in [0.717, 1.165) is 56.1 Å². The van der Waals surface area contributed by atoms with Crippen LogP contribution < -0.4 is 14.5 Å². The van der Waals surface area contributed by atoms with E-state index in [1.165, 1.54) is 52.2 Å². The van der Waals surface area contributed by atoms with Crippen molar-refractivity contribution in [3.05, 3.63) is 190 Å². The van der Waals surface area contributed by atoms with Crippen LogP contribution in [0.3, 0.4) is 0 Å². The van der Waals surface area contributed by atoms with E-state index in [4.69, 9.17) is 9.73 Å². The zero-order valence-corrected chi connectivity index (χ0v) is 33.9. The molecule has 10 aromatic rings. The Hall–Kier alpha value is -7.28. The molecule has 1 unspecified atom stereocenters. The number of amidine groups is 2. The Morgan fingerprint density at radius 1 is 0.683 bits per heavy atom. The van der Waals surface area contributed by atoms with Crippen molar-refractivity contribution in [3.63, 3.8) is 0 Å². The number of hydrogen-bond acceptors (Lipinski definition) is 3. The number of hydrogen-bond donors (Lipinski definition) is 1. The van der Waals surface area contributed by atoms with Crippen LogP contribution in [-0.4, -0.2) is 33.7 Å². The molecule has 1 N–H and O–H groups in total. The Morgan fingerprint density at radius 2 is 1.33 bits per heavy atom. The molecular weight excluding hydrogens is 753 g/mol. The van der Waals surface area contributed by atoms with E-state index in [-0.39, 0.29) is 5.84 Å². The molecule has 0 bridgehead atoms. The van der Waals surface area contributed by atoms with Crippen LogP contribution in [0.1, 0.15) is 23.6 Å². The number of ether oxygens (including phenoxy) is 1. The Bertz CT molecular complexity index is 3520. The molecule has 8 aromatic carbocycles. The Balaban J connectivity index is 1.02. The third-order valence-corrected chi connectivity index (χ3v) is 13.7. The Morgan fingerprint density at radius 3 is 2.05 bits per heavy atom. The van der Waals surface area contributed by atoms with Crippen LogP contribution in [0, 0.1) is 5.41 Å². The van der Waals surface area contributed by atoms with Crippen LogP contribution >= 0.6 is 11.3 Å². The molecule has 2 aliphatic rings. The van der Waals surface area contributed by atoms with Crippen molar-refractivity contribution in [2.24, 2.45) is 4.99 Å². The minimum Gasteiger partial charge on any atom is -0.488 e. The first-order valence-corrected chi connectivity index (χ1v) is 21.2. The van der Waals surface area contributed by atoms with Gasteiger partial charge in [-0.3, -0.25) is 5.41 Å². The summed E-state index contributed by atoms with van der Waals surface area (Å²) in [4.78, 5) is 7.47. The summed E-state index contributed by atoms with van der Waals surface area (Å²) in [6.45, 7) is 2.65. The molecule has 1 aliphatic carbocycles. The number of nitrogens with one attached hydrogen (secondary N) is 1. The fourth-order valence-electron chi connectivity index (χ4n) is 9.48. The van der Waals surface area contributed by atoms with Gasteiger partial charge in [0.15, 0.2) is 5.84 Å². The lowest BCUT2D eigenvalue weighted by molar-refractivity contribution is 0.302. The van der Waals surface area contributed by atoms with Gasteiger partial charge in [0.25, 0.3) is 0 Å². The molecule has 60 heavy (non-hydrogen) atoms. The first-order valence-electron chi connectivity index (χ1n) is 20.4. The molecule has 1 aliphatic heterocycles. The lowest BCUT2D eigenvalue weighted by Crippen LogP contribution is -2.44. The van der Waals surface area contributed by atoms with Gasteiger partial charge in [0.2, 0.25) is 0 Å². The van der Waals surface area contributed by atoms with Crippen molar-refractivity contribution < 1.29 is 4.74 Å². The first-order chi connectivity index (χ1) is 29.4. The second kappa shape index (κ2) is 13.1. The zero-order valence-electron chi connectivity index (χ0n) is 33.1. The molecule has 1 atom stereocenters. The average Bonchev–Trinajstić information content (AvgIpc) is 3.91. The fourth-order valence-corrected chi connectivity index (χ4v) is 10.7. The van der Waals surface area contributed by atoms with E-state index in [2.05, 4.69) is 169 Å². The van der Waals surface area contributed by atoms with Gasteiger partial charge in [0.1, 0.15) is 18.2 Å². The summed E-state index contributed by atoms with van der Waals surface area (Å²) in [7, 11) is 2.10. The quantitative estimate of drug-likeness (QED) is 0.143. The molecule has 0 spiro atoms. The largest absolute Gasteiger partial charge is 0.488 e. The third-order valence-electron chi connectivity index (χ3n) is 12.6. The lowest BCUT2D eigenvalue weighted by atomic mass is 9.91. The van der Waals surface area contributed by atoms with Crippen molar-refractivity contribution in [2.75, 3.05) is 7.05 Å². The lowest BCUT2D eigenvalue weighted by Gasteiger charge is -2.35. The van der Waals surface area contributed by atoms with Crippen LogP contribution in [0.25, 0.3) is 82.4 Å². The highest BCUT2D eigenvalue weighted by molar-refractivity contribution is 7.17. The van der Waals surface area contributed by atoms with Gasteiger partial charge in [0, 0.05) is 60.4 Å². The molecular formula is C54H38N4OS. The van der Waals surface area contributed by atoms with Gasteiger partial charge in [-0.05, 0) is 99.9 Å². The first kappa shape index (κ1) is 34.7. The van der Waals surface area contributed by atoms with Gasteiger partial charge in [-0.1, -0.05) is 115 Å². The highest BCUT2D eigenvalue weighted by Gasteiger charge is 2.32. The maximum atomic E-state index is 9.81. The summed E-state index contributed by atoms with van der Waals surface area (Å²) >= 11 is 1.83. The van der Waals surface area contributed by atoms with Gasteiger partial charge in [-0.2, -0.15) is 0 Å². The van der Waals surface area contributed by atoms with E-state index in [1.54, 1.807) is 0 Å². The molecule has 12 rings (SSSR count). The molecule has 0 saturated heterocycles. The maximum absolute atomic E-state index is 9.81. The van der Waals surface area contributed by atoms with Crippen molar-refractivity contribution >= 4 is 88.6 Å². The smallest absolute Gasteiger partial charge is 0.154 e. The van der Waals surface area contributed by atoms with E-state index in [1.807, 2.05) is 41.7 Å². The predicted molar refractivity (Wildman–Crippen MR) is 252 cm³/mol. The molecule has 5 nitrogen and oxygen atoms in total. The Labute approximate surface area is 350 Å². The van der Waals surface area contributed by atoms with Crippen molar-refractivity contribution in [2.45, 2.75) is 19.1 Å². The standard InChI is InChI=1S/C54H38N4OS/c1-54(30-45-40-20-10-11-22-49(40)60-50(45)31-54)57(2)53(33-13-4-3-5-14-33)56-52(55)41-21-12-19-38-32-59-48-24-23-39(29-44(48)51(38)41)58-46-27-36-17-8-6-15-34(36)25-42(46)43-26-35-16-7-9-18-37(35)28-47(43)58/h3-31,55H,32H2,1-2H3/b55-52?,56-53-. The highest BCUT2D eigenvalue weighted by Crippen LogP contribution is 2.43. The number of benzene rings is 8. The molecule has 2 aromatic heterocycles. The van der Waals surface area contributed by atoms with Gasteiger partial charge >= 0.3 is 0 Å². The third kappa shape index (κ3) is 5.31. The molecule has 0 fully saturated rings. The van der Waals surface area contributed by atoms with Gasteiger partial charge in [-0.25, -0.2) is 4.99 Å². The number of rotatable bonds is 4. The van der Waals surface area contributed by atoms with Crippen molar-refractivity contribution in [1.82, 2.24) is 9.47 Å². The van der Waals surface area contributed by atoms with Crippen molar-refractivity contribution in [3.8, 4) is 22.6 Å². The number of fused-ring (bicyclic) bond motifs is 11. The van der Waals surface area contributed by atoms with Gasteiger partial charge in [-0.15, -0.1) is 11.3 Å². The summed E-state index contributed by atoms with van der Waals surface area (Å²) in [6, 6.07) is 58.0. The molecule has 0 saturated carbocycles. The normalized spacial score (nSPS) is 15.7. The SMILES string of the molecule is CN(/C(=N\C(=N)c1cccc2c1-c1cc(-n3c4cc5ccccc5cc4c4cc5ccccc5cc43)ccc1OC2)c1ccccc1)C1(C)C=c2sc3ccccc3c2=C1. The second-order valence-corrected chi connectivity index (χ2v) is 17.3. The topological polar surface area (TPSA) is 53.6 Å². The molecule has 0 radical (unpaired) electrons. The minimum atomic E-state index is -0.454. The summed E-state index contributed by atoms with van der Waals surface area (Å²) in [5.41, 5.74) is 7.57. The Kier molecular flexibility index (Phi) is 7.59. The molecule has 3 heterocycles.